The second kappa shape index (κ2) is 5.25. The van der Waals surface area contributed by atoms with Gasteiger partial charge in [-0.2, -0.15) is 0 Å². The van der Waals surface area contributed by atoms with Gasteiger partial charge in [0.25, 0.3) is 11.6 Å². The van der Waals surface area contributed by atoms with Crippen molar-refractivity contribution in [1.29, 1.82) is 0 Å². The lowest BCUT2D eigenvalue weighted by molar-refractivity contribution is -0.385. The fourth-order valence-corrected chi connectivity index (χ4v) is 2.62. The Morgan fingerprint density at radius 3 is 2.86 bits per heavy atom. The summed E-state index contributed by atoms with van der Waals surface area (Å²) in [4.78, 5) is 31.4. The highest BCUT2D eigenvalue weighted by molar-refractivity contribution is 7.16. The lowest BCUT2D eigenvalue weighted by atomic mass is 10.1. The third-order valence-electron chi connectivity index (χ3n) is 2.84. The highest BCUT2D eigenvalue weighted by Crippen LogP contribution is 2.25. The minimum absolute atomic E-state index is 0.00973. The average molecular weight is 300 g/mol. The number of amides is 1. The number of para-hydroxylation sites is 1. The largest absolute Gasteiger partial charge is 0.306 e. The molecule has 0 saturated carbocycles. The molecule has 1 aromatic carbocycles. The van der Waals surface area contributed by atoms with E-state index in [4.69, 9.17) is 0 Å². The highest BCUT2D eigenvalue weighted by atomic mass is 32.1. The second-order valence-electron chi connectivity index (χ2n) is 4.09. The van der Waals surface area contributed by atoms with Gasteiger partial charge in [-0.1, -0.05) is 12.1 Å². The molecule has 21 heavy (non-hydrogen) atoms. The zero-order valence-electron chi connectivity index (χ0n) is 10.5. The first-order valence-corrected chi connectivity index (χ1v) is 6.78. The van der Waals surface area contributed by atoms with E-state index in [-0.39, 0.29) is 11.3 Å². The number of hydrogen-bond donors (Lipinski definition) is 1. The van der Waals surface area contributed by atoms with Gasteiger partial charge in [-0.05, 0) is 17.5 Å². The van der Waals surface area contributed by atoms with Crippen molar-refractivity contribution < 1.29 is 9.72 Å². The van der Waals surface area contributed by atoms with Crippen molar-refractivity contribution in [3.63, 3.8) is 0 Å². The highest BCUT2D eigenvalue weighted by Gasteiger charge is 2.20. The Morgan fingerprint density at radius 2 is 2.05 bits per heavy atom. The van der Waals surface area contributed by atoms with Crippen LogP contribution >= 0.6 is 11.3 Å². The molecule has 8 heteroatoms. The number of fused-ring (bicyclic) bond motifs is 1. The first kappa shape index (κ1) is 13.1. The van der Waals surface area contributed by atoms with Crippen molar-refractivity contribution in [3.05, 3.63) is 57.7 Å². The number of nitro groups is 1. The van der Waals surface area contributed by atoms with Crippen molar-refractivity contribution >= 4 is 39.0 Å². The van der Waals surface area contributed by atoms with Crippen molar-refractivity contribution in [2.75, 3.05) is 5.32 Å². The van der Waals surface area contributed by atoms with Crippen LogP contribution in [-0.2, 0) is 0 Å². The monoisotopic (exact) mass is 300 g/mol. The van der Waals surface area contributed by atoms with E-state index in [1.54, 1.807) is 12.1 Å². The first-order chi connectivity index (χ1) is 10.2. The molecule has 104 valence electrons. The molecule has 0 aliphatic heterocycles. The quantitative estimate of drug-likeness (QED) is 0.592. The predicted molar refractivity (Wildman–Crippen MR) is 78.5 cm³/mol. The number of nitrogens with zero attached hydrogens (tertiary/aromatic N) is 3. The van der Waals surface area contributed by atoms with Crippen LogP contribution in [0.5, 0.6) is 0 Å². The molecule has 0 bridgehead atoms. The molecule has 0 aliphatic rings. The fraction of sp³-hybridized carbons (Fsp3) is 0. The zero-order chi connectivity index (χ0) is 14.8. The lowest BCUT2D eigenvalue weighted by Crippen LogP contribution is -2.15. The SMILES string of the molecule is O=C(Nc1ncnc2sccc12)c1ccccc1[N+](=O)[O-]. The number of carbonyl (C=O) groups excluding carboxylic acids is 1. The summed E-state index contributed by atoms with van der Waals surface area (Å²) in [5.74, 6) is -0.238. The maximum absolute atomic E-state index is 12.2. The Bertz CT molecular complexity index is 846. The minimum Gasteiger partial charge on any atom is -0.306 e. The van der Waals surface area contributed by atoms with Gasteiger partial charge in [-0.3, -0.25) is 14.9 Å². The summed E-state index contributed by atoms with van der Waals surface area (Å²) in [5.41, 5.74) is -0.255. The molecule has 3 rings (SSSR count). The number of anilines is 1. The molecule has 0 aliphatic carbocycles. The van der Waals surface area contributed by atoms with Gasteiger partial charge in [0, 0.05) is 6.07 Å². The number of nitrogens with one attached hydrogen (secondary N) is 1. The third kappa shape index (κ3) is 2.43. The van der Waals surface area contributed by atoms with Crippen LogP contribution in [0.1, 0.15) is 10.4 Å². The summed E-state index contributed by atoms with van der Waals surface area (Å²) >= 11 is 1.42. The van der Waals surface area contributed by atoms with Gasteiger partial charge in [0.05, 0.1) is 10.3 Å². The topological polar surface area (TPSA) is 98.0 Å². The minimum atomic E-state index is -0.588. The number of hydrogen-bond acceptors (Lipinski definition) is 6. The molecule has 0 spiro atoms. The molecule has 1 N–H and O–H groups in total. The number of carbonyl (C=O) groups is 1. The summed E-state index contributed by atoms with van der Waals surface area (Å²) in [6.45, 7) is 0. The summed E-state index contributed by atoms with van der Waals surface area (Å²) in [6.07, 6.45) is 1.34. The summed E-state index contributed by atoms with van der Waals surface area (Å²) in [7, 11) is 0. The molecule has 3 aromatic rings. The lowest BCUT2D eigenvalue weighted by Gasteiger charge is -2.05. The van der Waals surface area contributed by atoms with Gasteiger partial charge in [0.1, 0.15) is 22.5 Å². The number of thiophene rings is 1. The van der Waals surface area contributed by atoms with Crippen molar-refractivity contribution in [1.82, 2.24) is 9.97 Å². The normalized spacial score (nSPS) is 10.5. The smallest absolute Gasteiger partial charge is 0.282 e. The Kier molecular flexibility index (Phi) is 3.28. The van der Waals surface area contributed by atoms with E-state index in [2.05, 4.69) is 15.3 Å². The van der Waals surface area contributed by atoms with Gasteiger partial charge >= 0.3 is 0 Å². The molecule has 2 heterocycles. The molecule has 0 saturated heterocycles. The number of nitro benzene ring substituents is 1. The van der Waals surface area contributed by atoms with Crippen molar-refractivity contribution in [2.24, 2.45) is 0 Å². The standard InChI is InChI=1S/C13H8N4O3S/c18-12(8-3-1-2-4-10(8)17(19)20)16-11-9-5-6-21-13(9)15-7-14-11/h1-7H,(H,14,15,16,18). The van der Waals surface area contributed by atoms with Crippen molar-refractivity contribution in [3.8, 4) is 0 Å². The van der Waals surface area contributed by atoms with Crippen LogP contribution in [-0.4, -0.2) is 20.8 Å². The molecule has 7 nitrogen and oxygen atoms in total. The van der Waals surface area contributed by atoms with Crippen LogP contribution in [0.4, 0.5) is 11.5 Å². The fourth-order valence-electron chi connectivity index (χ4n) is 1.89. The van der Waals surface area contributed by atoms with Crippen molar-refractivity contribution in [2.45, 2.75) is 0 Å². The molecule has 0 atom stereocenters. The predicted octanol–water partition coefficient (Wildman–Crippen LogP) is 2.85. The number of aromatic nitrogens is 2. The molecule has 0 fully saturated rings. The van der Waals surface area contributed by atoms with Crippen LogP contribution in [0.25, 0.3) is 10.2 Å². The van der Waals surface area contributed by atoms with Crippen LogP contribution in [0, 0.1) is 10.1 Å². The molecule has 2 aromatic heterocycles. The van der Waals surface area contributed by atoms with E-state index in [1.165, 1.54) is 35.9 Å². The van der Waals surface area contributed by atoms with E-state index in [0.717, 1.165) is 4.83 Å². The third-order valence-corrected chi connectivity index (χ3v) is 3.66. The van der Waals surface area contributed by atoms with Gasteiger partial charge in [-0.25, -0.2) is 9.97 Å². The van der Waals surface area contributed by atoms with Gasteiger partial charge in [0.2, 0.25) is 0 Å². The van der Waals surface area contributed by atoms with E-state index in [1.807, 2.05) is 5.38 Å². The van der Waals surface area contributed by atoms with Gasteiger partial charge in [0.15, 0.2) is 0 Å². The second-order valence-corrected chi connectivity index (χ2v) is 4.98. The zero-order valence-corrected chi connectivity index (χ0v) is 11.3. The van der Waals surface area contributed by atoms with Crippen LogP contribution in [0.2, 0.25) is 0 Å². The van der Waals surface area contributed by atoms with E-state index >= 15 is 0 Å². The maximum atomic E-state index is 12.2. The Hall–Kier alpha value is -2.87. The summed E-state index contributed by atoms with van der Waals surface area (Å²) in [5, 5.41) is 16.1. The first-order valence-electron chi connectivity index (χ1n) is 5.90. The summed E-state index contributed by atoms with van der Waals surface area (Å²) < 4.78 is 0. The molecule has 1 amide bonds. The van der Waals surface area contributed by atoms with Gasteiger partial charge in [-0.15, -0.1) is 11.3 Å². The van der Waals surface area contributed by atoms with Crippen LogP contribution < -0.4 is 5.32 Å². The summed E-state index contributed by atoms with van der Waals surface area (Å²) in [6, 6.07) is 7.56. The number of rotatable bonds is 3. The Labute approximate surface area is 122 Å². The maximum Gasteiger partial charge on any atom is 0.282 e. The van der Waals surface area contributed by atoms with Gasteiger partial charge < -0.3 is 5.32 Å². The van der Waals surface area contributed by atoms with E-state index in [0.29, 0.717) is 11.2 Å². The van der Waals surface area contributed by atoms with Crippen LogP contribution in [0.15, 0.2) is 42.0 Å². The van der Waals surface area contributed by atoms with E-state index in [9.17, 15) is 14.9 Å². The Morgan fingerprint density at radius 1 is 1.24 bits per heavy atom. The Balaban J connectivity index is 1.97. The molecule has 0 unspecified atom stereocenters. The molecular formula is C13H8N4O3S. The molecule has 0 radical (unpaired) electrons. The van der Waals surface area contributed by atoms with E-state index < -0.39 is 10.8 Å². The number of benzene rings is 1. The average Bonchev–Trinajstić information content (AvgIpc) is 2.96. The van der Waals surface area contributed by atoms with Crippen LogP contribution in [0.3, 0.4) is 0 Å². The molecular weight excluding hydrogens is 292 g/mol.